The van der Waals surface area contributed by atoms with Crippen LogP contribution in [-0.2, 0) is 4.79 Å². The fourth-order valence-electron chi connectivity index (χ4n) is 1.72. The summed E-state index contributed by atoms with van der Waals surface area (Å²) in [6.45, 7) is 16.3. The van der Waals surface area contributed by atoms with Crippen LogP contribution in [0.2, 0.25) is 0 Å². The molecule has 0 unspecified atom stereocenters. The van der Waals surface area contributed by atoms with E-state index in [0.717, 1.165) is 29.7 Å². The molecule has 0 aliphatic rings. The van der Waals surface area contributed by atoms with Gasteiger partial charge in [0.1, 0.15) is 10.1 Å². The molecule has 0 aromatic heterocycles. The molecule has 0 aromatic rings. The molecule has 166 valence electrons. The van der Waals surface area contributed by atoms with Crippen LogP contribution in [0, 0.1) is 5.41 Å². The summed E-state index contributed by atoms with van der Waals surface area (Å²) in [7, 11) is 1.56. The van der Waals surface area contributed by atoms with Crippen molar-refractivity contribution in [1.29, 1.82) is 5.41 Å². The molecule has 9 nitrogen and oxygen atoms in total. The molecule has 31 heavy (non-hydrogen) atoms. The third kappa shape index (κ3) is 12.6. The normalized spacial score (nSPS) is 13.4. The topological polar surface area (TPSA) is 141 Å². The highest BCUT2D eigenvalue weighted by atomic mass is 32.2. The highest BCUT2D eigenvalue weighted by molar-refractivity contribution is 8.19. The summed E-state index contributed by atoms with van der Waals surface area (Å²) in [5, 5.41) is 20.2. The van der Waals surface area contributed by atoms with Crippen LogP contribution in [0.1, 0.15) is 19.8 Å². The zero-order valence-electron chi connectivity index (χ0n) is 17.5. The first-order valence-corrected chi connectivity index (χ1v) is 11.2. The summed E-state index contributed by atoms with van der Waals surface area (Å²) < 4.78 is 0. The summed E-state index contributed by atoms with van der Waals surface area (Å²) in [5.74, 6) is -0.345. The van der Waals surface area contributed by atoms with Gasteiger partial charge in [0.2, 0.25) is 5.91 Å². The average molecular weight is 479 g/mol. The predicted octanol–water partition coefficient (Wildman–Crippen LogP) is 4.15. The number of aliphatic imine (C=N–C) groups is 3. The quantitative estimate of drug-likeness (QED) is 0.232. The monoisotopic (exact) mass is 478 g/mol. The second kappa shape index (κ2) is 17.0. The molecule has 0 saturated heterocycles. The van der Waals surface area contributed by atoms with Gasteiger partial charge in [-0.15, -0.1) is 5.10 Å². The molecule has 4 N–H and O–H groups in total. The minimum Gasteiger partial charge on any atom is -0.376 e. The third-order valence-corrected chi connectivity index (χ3v) is 5.21. The smallest absolute Gasteiger partial charge is 0.231 e. The lowest BCUT2D eigenvalue weighted by Gasteiger charge is -2.11. The molecule has 0 rings (SSSR count). The Morgan fingerprint density at radius 2 is 2.00 bits per heavy atom. The summed E-state index contributed by atoms with van der Waals surface area (Å²) in [4.78, 5) is 25.6. The minimum atomic E-state index is -0.345. The zero-order chi connectivity index (χ0) is 23.6. The lowest BCUT2D eigenvalue weighted by Crippen LogP contribution is -2.30. The number of carbonyl (C=O) groups excluding carboxylic acids is 1. The average Bonchev–Trinajstić information content (AvgIpc) is 2.72. The molecule has 0 aliphatic carbocycles. The summed E-state index contributed by atoms with van der Waals surface area (Å²) >= 11 is 3.36. The summed E-state index contributed by atoms with van der Waals surface area (Å²) in [5.41, 5.74) is 6.17. The van der Waals surface area contributed by atoms with Crippen LogP contribution in [0.4, 0.5) is 0 Å². The van der Waals surface area contributed by atoms with Gasteiger partial charge in [0, 0.05) is 24.9 Å². The number of nitrogens with zero attached hydrogens (tertiary/aromatic N) is 5. The van der Waals surface area contributed by atoms with Crippen LogP contribution >= 0.6 is 35.3 Å². The number of nitrogens with one attached hydrogen (secondary N) is 2. The van der Waals surface area contributed by atoms with Gasteiger partial charge in [0.05, 0.1) is 18.3 Å². The van der Waals surface area contributed by atoms with Gasteiger partial charge in [-0.2, -0.15) is 5.10 Å². The van der Waals surface area contributed by atoms with Crippen LogP contribution < -0.4 is 11.1 Å². The van der Waals surface area contributed by atoms with Crippen molar-refractivity contribution in [2.24, 2.45) is 30.9 Å². The van der Waals surface area contributed by atoms with Crippen molar-refractivity contribution in [3.05, 3.63) is 47.4 Å². The largest absolute Gasteiger partial charge is 0.376 e. The Morgan fingerprint density at radius 3 is 2.52 bits per heavy atom. The van der Waals surface area contributed by atoms with E-state index in [9.17, 15) is 4.79 Å². The molecule has 0 spiro atoms. The van der Waals surface area contributed by atoms with Gasteiger partial charge < -0.3 is 16.5 Å². The van der Waals surface area contributed by atoms with Gasteiger partial charge in [-0.05, 0) is 23.6 Å². The van der Waals surface area contributed by atoms with E-state index >= 15 is 0 Å². The van der Waals surface area contributed by atoms with Crippen molar-refractivity contribution in [2.45, 2.75) is 19.8 Å². The van der Waals surface area contributed by atoms with Crippen LogP contribution in [0.25, 0.3) is 0 Å². The van der Waals surface area contributed by atoms with Crippen molar-refractivity contribution in [3.63, 3.8) is 0 Å². The van der Waals surface area contributed by atoms with E-state index in [-0.39, 0.29) is 17.5 Å². The molecular formula is C19H26N8OS3. The Morgan fingerprint density at radius 1 is 1.29 bits per heavy atom. The van der Waals surface area contributed by atoms with Gasteiger partial charge in [-0.3, -0.25) is 9.79 Å². The number of hydrogen-bond donors (Lipinski definition) is 3. The molecule has 0 saturated carbocycles. The molecule has 1 amide bonds. The van der Waals surface area contributed by atoms with E-state index in [1.165, 1.54) is 18.0 Å². The van der Waals surface area contributed by atoms with Crippen molar-refractivity contribution in [2.75, 3.05) is 7.05 Å². The molecular weight excluding hydrogens is 452 g/mol. The number of rotatable bonds is 11. The van der Waals surface area contributed by atoms with Crippen molar-refractivity contribution < 1.29 is 4.79 Å². The van der Waals surface area contributed by atoms with Crippen LogP contribution in [0.5, 0.6) is 0 Å². The first kappa shape index (κ1) is 28.3. The maximum atomic E-state index is 12.6. The second-order valence-corrected chi connectivity index (χ2v) is 8.16. The van der Waals surface area contributed by atoms with Crippen molar-refractivity contribution in [3.8, 4) is 0 Å². The van der Waals surface area contributed by atoms with E-state index in [0.29, 0.717) is 32.3 Å². The Labute approximate surface area is 195 Å². The summed E-state index contributed by atoms with van der Waals surface area (Å²) in [6, 6.07) is 0. The van der Waals surface area contributed by atoms with E-state index in [1.54, 1.807) is 12.5 Å². The number of thioether (sulfide) groups is 3. The van der Waals surface area contributed by atoms with Crippen LogP contribution in [0.3, 0.4) is 0 Å². The molecule has 0 fully saturated rings. The predicted molar refractivity (Wildman–Crippen MR) is 142 cm³/mol. The van der Waals surface area contributed by atoms with E-state index in [1.807, 2.05) is 13.0 Å². The van der Waals surface area contributed by atoms with Gasteiger partial charge in [0.25, 0.3) is 0 Å². The number of amidine groups is 2. The van der Waals surface area contributed by atoms with Crippen molar-refractivity contribution >= 4 is 75.2 Å². The lowest BCUT2D eigenvalue weighted by atomic mass is 10.2. The highest BCUT2D eigenvalue weighted by Crippen LogP contribution is 2.24. The lowest BCUT2D eigenvalue weighted by molar-refractivity contribution is -0.118. The Kier molecular flexibility index (Phi) is 15.5. The van der Waals surface area contributed by atoms with E-state index in [2.05, 4.69) is 57.0 Å². The van der Waals surface area contributed by atoms with Gasteiger partial charge in [0.15, 0.2) is 10.3 Å². The fraction of sp³-hybridized carbons (Fsp3) is 0.211. The molecule has 0 heterocycles. The van der Waals surface area contributed by atoms with E-state index < -0.39 is 0 Å². The number of hydrogen-bond acceptors (Lipinski definition) is 10. The summed E-state index contributed by atoms with van der Waals surface area (Å²) in [6.07, 6.45) is 4.79. The Hall–Kier alpha value is -2.70. The first-order chi connectivity index (χ1) is 14.8. The minimum absolute atomic E-state index is 0.0969. The van der Waals surface area contributed by atoms with Crippen LogP contribution in [-0.4, -0.2) is 47.0 Å². The maximum Gasteiger partial charge on any atom is 0.231 e. The maximum absolute atomic E-state index is 12.6. The molecule has 0 aromatic carbocycles. The third-order valence-electron chi connectivity index (χ3n) is 2.87. The number of amides is 1. The second-order valence-electron chi connectivity index (χ2n) is 5.05. The highest BCUT2D eigenvalue weighted by Gasteiger charge is 2.16. The van der Waals surface area contributed by atoms with Gasteiger partial charge in [-0.1, -0.05) is 56.3 Å². The molecule has 0 atom stereocenters. The fourth-order valence-corrected chi connectivity index (χ4v) is 3.55. The number of nitrogens with two attached hydrogens (primary N) is 1. The standard InChI is InChI=1S/C19H26N8OS3/c1-7-10-16(31-18(21)27-23-6)25-14(13(4)30-17(12-20)24-8-2)11-15(28)26-19(22-5)29-9-3/h8-10,12,20H,2-4,6-7,11H2,1,5H3,(H2,21,27)(H,22,26,28)/b16-10+,20-12?,24-17?,25-14-. The Bertz CT molecular complexity index is 856. The zero-order valence-corrected chi connectivity index (χ0v) is 19.9. The number of allylic oxidation sites excluding steroid dienone is 2. The molecule has 0 bridgehead atoms. The molecule has 12 heteroatoms. The number of carbonyl (C=O) groups is 1. The van der Waals surface area contributed by atoms with Gasteiger partial charge >= 0.3 is 0 Å². The Balaban J connectivity index is 5.98. The molecule has 0 radical (unpaired) electrons. The molecule has 0 aliphatic heterocycles. The van der Waals surface area contributed by atoms with Crippen LogP contribution in [0.15, 0.2) is 72.5 Å². The van der Waals surface area contributed by atoms with E-state index in [4.69, 9.17) is 11.1 Å². The first-order valence-electron chi connectivity index (χ1n) is 8.70. The SMILES string of the molecule is C=CN=C(C=N)SC(=C)/C(CC(=O)NC(=NC)SC=C)=N\C(=C/CC)S/C(N)=N/N=C. The van der Waals surface area contributed by atoms with Gasteiger partial charge in [-0.25, -0.2) is 9.98 Å². The van der Waals surface area contributed by atoms with Crippen molar-refractivity contribution in [1.82, 2.24) is 5.32 Å².